The topological polar surface area (TPSA) is 37.3 Å². The second-order valence-electron chi connectivity index (χ2n) is 7.74. The third-order valence-corrected chi connectivity index (χ3v) is 5.37. The van der Waals surface area contributed by atoms with E-state index in [-0.39, 0.29) is 5.69 Å². The molecule has 2 amide bonds. The van der Waals surface area contributed by atoms with Crippen LogP contribution in [0.1, 0.15) is 43.0 Å². The van der Waals surface area contributed by atoms with Crippen molar-refractivity contribution in [2.24, 2.45) is 0 Å². The minimum atomic E-state index is -0.787. The molecule has 3 rings (SSSR count). The molecular formula is C25H29F2N3O. The molecule has 0 saturated carbocycles. The molecular weight excluding hydrogens is 396 g/mol. The Morgan fingerprint density at radius 1 is 1.06 bits per heavy atom. The molecule has 2 aromatic carbocycles. The third-order valence-electron chi connectivity index (χ3n) is 5.37. The van der Waals surface area contributed by atoms with E-state index in [0.29, 0.717) is 19.6 Å². The summed E-state index contributed by atoms with van der Waals surface area (Å²) in [5.41, 5.74) is 3.40. The van der Waals surface area contributed by atoms with E-state index >= 15 is 0 Å². The van der Waals surface area contributed by atoms with Gasteiger partial charge in [0.2, 0.25) is 0 Å². The van der Waals surface area contributed by atoms with Crippen LogP contribution in [0.5, 0.6) is 0 Å². The van der Waals surface area contributed by atoms with Crippen LogP contribution in [-0.2, 0) is 13.1 Å². The second-order valence-corrected chi connectivity index (χ2v) is 7.74. The molecule has 1 heterocycles. The summed E-state index contributed by atoms with van der Waals surface area (Å²) in [7, 11) is 0. The number of anilines is 1. The molecule has 0 spiro atoms. The quantitative estimate of drug-likeness (QED) is 0.399. The summed E-state index contributed by atoms with van der Waals surface area (Å²) in [5.74, 6) is -1.46. The molecule has 0 bridgehead atoms. The number of aryl methyl sites for hydroxylation is 1. The number of hydrogen-bond donors (Lipinski definition) is 1. The van der Waals surface area contributed by atoms with Gasteiger partial charge in [-0.05, 0) is 48.7 Å². The highest BCUT2D eigenvalue weighted by atomic mass is 19.1. The lowest BCUT2D eigenvalue weighted by atomic mass is 10.1. The largest absolute Gasteiger partial charge is 0.345 e. The van der Waals surface area contributed by atoms with Crippen molar-refractivity contribution >= 4 is 11.7 Å². The van der Waals surface area contributed by atoms with Crippen molar-refractivity contribution in [3.63, 3.8) is 0 Å². The lowest BCUT2D eigenvalue weighted by molar-refractivity contribution is 0.206. The summed E-state index contributed by atoms with van der Waals surface area (Å²) in [6.07, 6.45) is 4.89. The maximum atomic E-state index is 14.0. The number of urea groups is 1. The van der Waals surface area contributed by atoms with Crippen molar-refractivity contribution in [2.45, 2.75) is 46.2 Å². The highest BCUT2D eigenvalue weighted by Gasteiger charge is 2.17. The number of halogens is 2. The van der Waals surface area contributed by atoms with Crippen LogP contribution in [0.4, 0.5) is 19.3 Å². The summed E-state index contributed by atoms with van der Waals surface area (Å²) in [6.45, 7) is 5.85. The second kappa shape index (κ2) is 10.8. The average Bonchev–Trinajstić information content (AvgIpc) is 3.18. The van der Waals surface area contributed by atoms with Crippen molar-refractivity contribution in [1.29, 1.82) is 0 Å². The smallest absolute Gasteiger partial charge is 0.322 e. The number of carbonyl (C=O) groups is 1. The van der Waals surface area contributed by atoms with Crippen LogP contribution in [0.2, 0.25) is 0 Å². The van der Waals surface area contributed by atoms with Crippen LogP contribution in [-0.4, -0.2) is 22.0 Å². The summed E-state index contributed by atoms with van der Waals surface area (Å²) in [6, 6.07) is 14.9. The van der Waals surface area contributed by atoms with Crippen LogP contribution in [0.3, 0.4) is 0 Å². The maximum absolute atomic E-state index is 14.0. The molecule has 0 aliphatic heterocycles. The predicted molar refractivity (Wildman–Crippen MR) is 120 cm³/mol. The summed E-state index contributed by atoms with van der Waals surface area (Å²) >= 11 is 0. The van der Waals surface area contributed by atoms with Gasteiger partial charge in [-0.3, -0.25) is 0 Å². The Morgan fingerprint density at radius 2 is 1.87 bits per heavy atom. The highest BCUT2D eigenvalue weighted by molar-refractivity contribution is 5.89. The Balaban J connectivity index is 1.76. The van der Waals surface area contributed by atoms with Crippen LogP contribution in [0.25, 0.3) is 0 Å². The Bertz CT molecular complexity index is 1020. The fourth-order valence-electron chi connectivity index (χ4n) is 3.50. The third kappa shape index (κ3) is 6.17. The van der Waals surface area contributed by atoms with Gasteiger partial charge in [0.05, 0.1) is 12.2 Å². The van der Waals surface area contributed by atoms with Crippen molar-refractivity contribution in [2.75, 3.05) is 11.9 Å². The van der Waals surface area contributed by atoms with Crippen LogP contribution in [0, 0.1) is 18.6 Å². The van der Waals surface area contributed by atoms with E-state index < -0.39 is 17.7 Å². The number of rotatable bonds is 9. The first-order valence-electron chi connectivity index (χ1n) is 10.7. The molecule has 0 aliphatic carbocycles. The lowest BCUT2D eigenvalue weighted by Crippen LogP contribution is -2.36. The number of carbonyl (C=O) groups excluding carboxylic acids is 1. The van der Waals surface area contributed by atoms with Gasteiger partial charge in [-0.25, -0.2) is 13.6 Å². The first-order valence-corrected chi connectivity index (χ1v) is 10.7. The Hall–Kier alpha value is -3.15. The van der Waals surface area contributed by atoms with Gasteiger partial charge in [0.15, 0.2) is 0 Å². The van der Waals surface area contributed by atoms with Gasteiger partial charge in [0.25, 0.3) is 0 Å². The molecule has 0 unspecified atom stereocenters. The summed E-state index contributed by atoms with van der Waals surface area (Å²) < 4.78 is 29.3. The molecule has 0 aliphatic rings. The van der Waals surface area contributed by atoms with Crippen molar-refractivity contribution < 1.29 is 13.6 Å². The SMILES string of the molecule is CCCCCN(Cc1cccn1Cc1ccccc1C)C(=O)Nc1ccc(F)cc1F. The fourth-order valence-corrected chi connectivity index (χ4v) is 3.50. The number of amides is 2. The summed E-state index contributed by atoms with van der Waals surface area (Å²) in [5, 5.41) is 2.59. The number of unbranched alkanes of at least 4 members (excludes halogenated alkanes) is 2. The number of nitrogens with zero attached hydrogens (tertiary/aromatic N) is 2. The molecule has 1 N–H and O–H groups in total. The zero-order chi connectivity index (χ0) is 22.2. The van der Waals surface area contributed by atoms with E-state index in [0.717, 1.165) is 37.1 Å². The Morgan fingerprint density at radius 3 is 2.61 bits per heavy atom. The minimum absolute atomic E-state index is 0.0258. The Kier molecular flexibility index (Phi) is 7.82. The molecule has 164 valence electrons. The van der Waals surface area contributed by atoms with Gasteiger partial charge in [-0.2, -0.15) is 0 Å². The van der Waals surface area contributed by atoms with E-state index in [1.54, 1.807) is 4.90 Å². The van der Waals surface area contributed by atoms with Crippen LogP contribution < -0.4 is 5.32 Å². The van der Waals surface area contributed by atoms with E-state index in [1.165, 1.54) is 17.2 Å². The van der Waals surface area contributed by atoms with Crippen molar-refractivity contribution in [1.82, 2.24) is 9.47 Å². The summed E-state index contributed by atoms with van der Waals surface area (Å²) in [4.78, 5) is 14.6. The molecule has 0 atom stereocenters. The minimum Gasteiger partial charge on any atom is -0.345 e. The van der Waals surface area contributed by atoms with E-state index in [4.69, 9.17) is 0 Å². The number of nitrogens with one attached hydrogen (secondary N) is 1. The van der Waals surface area contributed by atoms with E-state index in [9.17, 15) is 13.6 Å². The molecule has 0 fully saturated rings. The van der Waals surface area contributed by atoms with E-state index in [1.807, 2.05) is 30.5 Å². The standard InChI is InChI=1S/C25H29F2N3O/c1-3-4-7-14-30(25(31)28-24-13-12-21(26)16-23(24)27)18-22-11-8-15-29(22)17-20-10-6-5-9-19(20)2/h5-6,8-13,15-16H,3-4,7,14,17-18H2,1-2H3,(H,28,31). The normalized spacial score (nSPS) is 10.8. The predicted octanol–water partition coefficient (Wildman–Crippen LogP) is 6.35. The molecule has 4 nitrogen and oxygen atoms in total. The lowest BCUT2D eigenvalue weighted by Gasteiger charge is -2.24. The van der Waals surface area contributed by atoms with Gasteiger partial charge in [-0.15, -0.1) is 0 Å². The number of hydrogen-bond acceptors (Lipinski definition) is 1. The molecule has 3 aromatic rings. The first-order chi connectivity index (χ1) is 15.0. The van der Waals surface area contributed by atoms with Crippen LogP contribution >= 0.6 is 0 Å². The average molecular weight is 426 g/mol. The fraction of sp³-hybridized carbons (Fsp3) is 0.320. The van der Waals surface area contributed by atoms with Crippen molar-refractivity contribution in [3.8, 4) is 0 Å². The molecule has 1 aromatic heterocycles. The number of aromatic nitrogens is 1. The maximum Gasteiger partial charge on any atom is 0.322 e. The zero-order valence-electron chi connectivity index (χ0n) is 18.1. The molecule has 0 saturated heterocycles. The highest BCUT2D eigenvalue weighted by Crippen LogP contribution is 2.18. The van der Waals surface area contributed by atoms with Gasteiger partial charge in [0.1, 0.15) is 11.6 Å². The Labute approximate surface area is 182 Å². The monoisotopic (exact) mass is 425 g/mol. The van der Waals surface area contributed by atoms with Gasteiger partial charge in [0, 0.05) is 31.0 Å². The van der Waals surface area contributed by atoms with Crippen LogP contribution in [0.15, 0.2) is 60.8 Å². The van der Waals surface area contributed by atoms with Gasteiger partial charge < -0.3 is 14.8 Å². The van der Waals surface area contributed by atoms with Gasteiger partial charge >= 0.3 is 6.03 Å². The molecule has 31 heavy (non-hydrogen) atoms. The first kappa shape index (κ1) is 22.5. The molecule has 0 radical (unpaired) electrons. The van der Waals surface area contributed by atoms with Crippen molar-refractivity contribution in [3.05, 3.63) is 89.2 Å². The zero-order valence-corrected chi connectivity index (χ0v) is 18.1. The van der Waals surface area contributed by atoms with Gasteiger partial charge in [-0.1, -0.05) is 44.0 Å². The molecule has 6 heteroatoms. The van der Waals surface area contributed by atoms with E-state index in [2.05, 4.69) is 35.9 Å². The number of benzene rings is 2.